The van der Waals surface area contributed by atoms with Gasteiger partial charge in [0.05, 0.1) is 5.56 Å². The van der Waals surface area contributed by atoms with E-state index in [1.807, 2.05) is 27.8 Å². The van der Waals surface area contributed by atoms with Crippen LogP contribution >= 0.6 is 11.6 Å². The molecule has 0 radical (unpaired) electrons. The van der Waals surface area contributed by atoms with E-state index >= 15 is 0 Å². The molecule has 0 bridgehead atoms. The lowest BCUT2D eigenvalue weighted by Gasteiger charge is -2.35. The zero-order chi connectivity index (χ0) is 21.2. The second kappa shape index (κ2) is 8.90. The van der Waals surface area contributed by atoms with Crippen molar-refractivity contribution in [3.8, 4) is 0 Å². The minimum atomic E-state index is -0.478. The molecule has 1 N–H and O–H groups in total. The van der Waals surface area contributed by atoms with Gasteiger partial charge in [0.1, 0.15) is 10.8 Å². The maximum atomic E-state index is 12.5. The number of nitrogens with zero attached hydrogens (tertiary/aromatic N) is 2. The Morgan fingerprint density at radius 2 is 1.86 bits per heavy atom. The maximum Gasteiger partial charge on any atom is 0.410 e. The van der Waals surface area contributed by atoms with Crippen LogP contribution < -0.4 is 5.32 Å². The summed E-state index contributed by atoms with van der Waals surface area (Å²) in [6.07, 6.45) is 7.23. The second-order valence-electron chi connectivity index (χ2n) is 9.34. The number of ketones is 1. The Morgan fingerprint density at radius 1 is 1.21 bits per heavy atom. The molecular weight excluding hydrogens is 390 g/mol. The number of ether oxygens (including phenoxy) is 1. The van der Waals surface area contributed by atoms with Gasteiger partial charge < -0.3 is 15.0 Å². The number of rotatable bonds is 6. The number of carbonyl (C=O) groups is 2. The van der Waals surface area contributed by atoms with Crippen LogP contribution in [0.2, 0.25) is 5.15 Å². The van der Waals surface area contributed by atoms with E-state index in [1.54, 1.807) is 17.2 Å². The predicted octanol–water partition coefficient (Wildman–Crippen LogP) is 5.17. The lowest BCUT2D eigenvalue weighted by molar-refractivity contribution is 0.0174. The average Bonchev–Trinajstić information content (AvgIpc) is 3.49. The van der Waals surface area contributed by atoms with Crippen LogP contribution in [0.3, 0.4) is 0 Å². The van der Waals surface area contributed by atoms with Crippen molar-refractivity contribution in [1.82, 2.24) is 9.88 Å². The molecule has 3 rings (SSSR count). The van der Waals surface area contributed by atoms with Crippen LogP contribution in [0, 0.1) is 11.8 Å². The predicted molar refractivity (Wildman–Crippen MR) is 115 cm³/mol. The minimum absolute atomic E-state index is 0.150. The molecule has 2 aliphatic rings. The molecule has 29 heavy (non-hydrogen) atoms. The van der Waals surface area contributed by atoms with Gasteiger partial charge in [0.15, 0.2) is 5.78 Å². The third-order valence-electron chi connectivity index (χ3n) is 5.71. The summed E-state index contributed by atoms with van der Waals surface area (Å²) in [6.45, 7) is 6.44. The topological polar surface area (TPSA) is 71.5 Å². The first-order valence-corrected chi connectivity index (χ1v) is 10.9. The molecule has 0 aromatic carbocycles. The monoisotopic (exact) mass is 421 g/mol. The van der Waals surface area contributed by atoms with Crippen LogP contribution in [0.5, 0.6) is 0 Å². The van der Waals surface area contributed by atoms with Crippen LogP contribution in [0.1, 0.15) is 69.7 Å². The van der Waals surface area contributed by atoms with Crippen LogP contribution in [0.4, 0.5) is 10.5 Å². The molecule has 6 nitrogen and oxygen atoms in total. The Labute approximate surface area is 178 Å². The number of nitrogens with one attached hydrogen (secondary N) is 1. The Kier molecular flexibility index (Phi) is 6.72. The Balaban J connectivity index is 1.51. The molecule has 1 aromatic heterocycles. The standard InChI is InChI=1S/C22H32ClN3O3/c1-22(2,3)29-21(28)26(4)16-9-5-14(6-10-16)12-24-18-11-19(23)25-13-17(18)20(27)15-7-8-15/h11,13-16H,5-10,12H2,1-4H3,(H,24,25). The Morgan fingerprint density at radius 3 is 2.45 bits per heavy atom. The molecule has 0 spiro atoms. The SMILES string of the molecule is CN(C(=O)OC(C)(C)C)C1CCC(CNc2cc(Cl)ncc2C(=O)C2CC2)CC1. The van der Waals surface area contributed by atoms with E-state index in [1.165, 1.54) is 0 Å². The van der Waals surface area contributed by atoms with E-state index in [0.717, 1.165) is 50.8 Å². The largest absolute Gasteiger partial charge is 0.444 e. The van der Waals surface area contributed by atoms with Gasteiger partial charge in [-0.1, -0.05) is 11.6 Å². The lowest BCUT2D eigenvalue weighted by Crippen LogP contribution is -2.42. The summed E-state index contributed by atoms with van der Waals surface area (Å²) in [7, 11) is 1.83. The molecule has 0 aliphatic heterocycles. The molecule has 2 fully saturated rings. The average molecular weight is 422 g/mol. The maximum absolute atomic E-state index is 12.5. The minimum Gasteiger partial charge on any atom is -0.444 e. The highest BCUT2D eigenvalue weighted by molar-refractivity contribution is 6.29. The fraction of sp³-hybridized carbons (Fsp3) is 0.682. The first kappa shape index (κ1) is 21.9. The summed E-state index contributed by atoms with van der Waals surface area (Å²) >= 11 is 6.06. The van der Waals surface area contributed by atoms with Gasteiger partial charge in [-0.2, -0.15) is 0 Å². The fourth-order valence-electron chi connectivity index (χ4n) is 3.81. The first-order valence-electron chi connectivity index (χ1n) is 10.5. The second-order valence-corrected chi connectivity index (χ2v) is 9.73. The fourth-order valence-corrected chi connectivity index (χ4v) is 3.97. The van der Waals surface area contributed by atoms with Crippen LogP contribution in [-0.4, -0.2) is 47.0 Å². The number of halogens is 1. The normalized spacial score (nSPS) is 22.1. The van der Waals surface area contributed by atoms with E-state index in [0.29, 0.717) is 16.6 Å². The van der Waals surface area contributed by atoms with Crippen molar-refractivity contribution in [2.45, 2.75) is 70.9 Å². The van der Waals surface area contributed by atoms with Gasteiger partial charge in [-0.15, -0.1) is 0 Å². The highest BCUT2D eigenvalue weighted by Gasteiger charge is 2.33. The van der Waals surface area contributed by atoms with Gasteiger partial charge in [-0.05, 0) is 71.3 Å². The van der Waals surface area contributed by atoms with Crippen molar-refractivity contribution >= 4 is 29.2 Å². The molecule has 1 aromatic rings. The molecule has 0 unspecified atom stereocenters. The van der Waals surface area contributed by atoms with E-state index in [-0.39, 0.29) is 23.8 Å². The molecular formula is C22H32ClN3O3. The van der Waals surface area contributed by atoms with Gasteiger partial charge in [0.2, 0.25) is 0 Å². The summed E-state index contributed by atoms with van der Waals surface area (Å²) in [4.78, 5) is 30.6. The third kappa shape index (κ3) is 6.08. The molecule has 2 saturated carbocycles. The van der Waals surface area contributed by atoms with Crippen molar-refractivity contribution in [3.05, 3.63) is 23.0 Å². The van der Waals surface area contributed by atoms with Crippen LogP contribution in [0.25, 0.3) is 0 Å². The van der Waals surface area contributed by atoms with Crippen LogP contribution in [0.15, 0.2) is 12.3 Å². The Bertz CT molecular complexity index is 750. The van der Waals surface area contributed by atoms with Crippen molar-refractivity contribution in [2.24, 2.45) is 11.8 Å². The molecule has 2 aliphatic carbocycles. The summed E-state index contributed by atoms with van der Waals surface area (Å²) in [6, 6.07) is 1.96. The number of hydrogen-bond donors (Lipinski definition) is 1. The highest BCUT2D eigenvalue weighted by Crippen LogP contribution is 2.35. The number of amides is 1. The zero-order valence-electron chi connectivity index (χ0n) is 17.8. The van der Waals surface area contributed by atoms with Gasteiger partial charge in [-0.25, -0.2) is 9.78 Å². The summed E-state index contributed by atoms with van der Waals surface area (Å²) in [5.41, 5.74) is 0.957. The van der Waals surface area contributed by atoms with Crippen molar-refractivity contribution in [1.29, 1.82) is 0 Å². The first-order chi connectivity index (χ1) is 13.6. The lowest BCUT2D eigenvalue weighted by atomic mass is 9.85. The molecule has 1 amide bonds. The number of Topliss-reactive ketones (excluding diaryl/α,β-unsaturated/α-hetero) is 1. The van der Waals surface area contributed by atoms with Crippen molar-refractivity contribution in [2.75, 3.05) is 18.9 Å². The van der Waals surface area contributed by atoms with Crippen LogP contribution in [-0.2, 0) is 4.74 Å². The number of hydrogen-bond acceptors (Lipinski definition) is 5. The van der Waals surface area contributed by atoms with E-state index in [9.17, 15) is 9.59 Å². The number of carbonyl (C=O) groups excluding carboxylic acids is 2. The molecule has 1 heterocycles. The van der Waals surface area contributed by atoms with Gasteiger partial charge in [0, 0.05) is 37.4 Å². The van der Waals surface area contributed by atoms with Gasteiger partial charge in [-0.3, -0.25) is 4.79 Å². The summed E-state index contributed by atoms with van der Waals surface area (Å²) < 4.78 is 5.48. The number of anilines is 1. The quantitative estimate of drug-likeness (QED) is 0.507. The molecule has 0 saturated heterocycles. The van der Waals surface area contributed by atoms with Crippen molar-refractivity contribution < 1.29 is 14.3 Å². The van der Waals surface area contributed by atoms with Crippen molar-refractivity contribution in [3.63, 3.8) is 0 Å². The number of aromatic nitrogens is 1. The van der Waals surface area contributed by atoms with E-state index < -0.39 is 5.60 Å². The Hall–Kier alpha value is -1.82. The molecule has 160 valence electrons. The zero-order valence-corrected chi connectivity index (χ0v) is 18.6. The van der Waals surface area contributed by atoms with Gasteiger partial charge in [0.25, 0.3) is 0 Å². The third-order valence-corrected chi connectivity index (χ3v) is 5.92. The summed E-state index contributed by atoms with van der Waals surface area (Å²) in [5.74, 6) is 0.811. The van der Waals surface area contributed by atoms with E-state index in [2.05, 4.69) is 10.3 Å². The molecule has 0 atom stereocenters. The smallest absolute Gasteiger partial charge is 0.410 e. The molecule has 7 heteroatoms. The number of pyridine rings is 1. The van der Waals surface area contributed by atoms with Gasteiger partial charge >= 0.3 is 6.09 Å². The highest BCUT2D eigenvalue weighted by atomic mass is 35.5. The summed E-state index contributed by atoms with van der Waals surface area (Å²) in [5, 5.41) is 3.83. The van der Waals surface area contributed by atoms with E-state index in [4.69, 9.17) is 16.3 Å².